The molecule has 29 heavy (non-hydrogen) atoms. The number of nitrogens with zero attached hydrogens (tertiary/aromatic N) is 3. The van der Waals surface area contributed by atoms with Gasteiger partial charge in [0.15, 0.2) is 0 Å². The smallest absolute Gasteiger partial charge is 0.261 e. The minimum Gasteiger partial charge on any atom is -0.309 e. The van der Waals surface area contributed by atoms with E-state index < -0.39 is 0 Å². The van der Waals surface area contributed by atoms with E-state index in [9.17, 15) is 9.59 Å². The molecule has 0 unspecified atom stereocenters. The van der Waals surface area contributed by atoms with Gasteiger partial charge in [-0.3, -0.25) is 14.2 Å². The Labute approximate surface area is 171 Å². The van der Waals surface area contributed by atoms with Gasteiger partial charge < -0.3 is 4.90 Å². The molecule has 0 fully saturated rings. The van der Waals surface area contributed by atoms with Gasteiger partial charge in [-0.1, -0.05) is 25.5 Å². The number of carbonyl (C=O) groups is 1. The summed E-state index contributed by atoms with van der Waals surface area (Å²) in [5, 5.41) is 0.586. The first-order chi connectivity index (χ1) is 14.1. The molecule has 5 heteroatoms. The van der Waals surface area contributed by atoms with Gasteiger partial charge in [0.2, 0.25) is 0 Å². The second kappa shape index (κ2) is 8.19. The zero-order valence-electron chi connectivity index (χ0n) is 17.1. The molecular formula is C24H27N3O2. The van der Waals surface area contributed by atoms with Crippen LogP contribution in [-0.4, -0.2) is 22.0 Å². The number of amides is 1. The van der Waals surface area contributed by atoms with Crippen LogP contribution in [0.25, 0.3) is 10.9 Å². The fraction of sp³-hybridized carbons (Fsp3) is 0.375. The lowest BCUT2D eigenvalue weighted by molar-refractivity contribution is 0.0988. The Morgan fingerprint density at radius 3 is 2.76 bits per heavy atom. The maximum Gasteiger partial charge on any atom is 0.261 e. The standard InChI is InChI=1S/C24H27N3O2/c1-3-17-9-8-10-19(15-17)26(4-2)23(28)18-12-13-20-21(16-18)25-22-11-6-5-7-14-27(22)24(20)29/h8-10,12-13,15-16H,3-7,11,14H2,1-2H3. The topological polar surface area (TPSA) is 55.2 Å². The number of aromatic nitrogens is 2. The molecular weight excluding hydrogens is 362 g/mol. The zero-order chi connectivity index (χ0) is 20.4. The van der Waals surface area contributed by atoms with Crippen molar-refractivity contribution < 1.29 is 4.79 Å². The SMILES string of the molecule is CCc1cccc(N(CC)C(=O)c2ccc3c(=O)n4c(nc3c2)CCCCC4)c1. The van der Waals surface area contributed by atoms with Crippen LogP contribution in [0.15, 0.2) is 47.3 Å². The minimum atomic E-state index is -0.0699. The Bertz CT molecular complexity index is 1120. The molecule has 0 radical (unpaired) electrons. The second-order valence-electron chi connectivity index (χ2n) is 7.60. The van der Waals surface area contributed by atoms with Crippen LogP contribution in [0.1, 0.15) is 54.9 Å². The Balaban J connectivity index is 1.74. The van der Waals surface area contributed by atoms with E-state index >= 15 is 0 Å². The van der Waals surface area contributed by atoms with Crippen LogP contribution in [0, 0.1) is 0 Å². The summed E-state index contributed by atoms with van der Waals surface area (Å²) in [6, 6.07) is 13.4. The Kier molecular flexibility index (Phi) is 5.47. The second-order valence-corrected chi connectivity index (χ2v) is 7.60. The van der Waals surface area contributed by atoms with Gasteiger partial charge in [0.25, 0.3) is 11.5 Å². The van der Waals surface area contributed by atoms with Crippen LogP contribution in [0.2, 0.25) is 0 Å². The fourth-order valence-corrected chi connectivity index (χ4v) is 4.09. The van der Waals surface area contributed by atoms with Crippen molar-refractivity contribution in [2.75, 3.05) is 11.4 Å². The monoisotopic (exact) mass is 389 g/mol. The van der Waals surface area contributed by atoms with Crippen LogP contribution in [0.3, 0.4) is 0 Å². The summed E-state index contributed by atoms with van der Waals surface area (Å²) in [6.07, 6.45) is 4.92. The van der Waals surface area contributed by atoms with Gasteiger partial charge in [-0.15, -0.1) is 0 Å². The van der Waals surface area contributed by atoms with Gasteiger partial charge in [-0.25, -0.2) is 4.98 Å². The third kappa shape index (κ3) is 3.69. The van der Waals surface area contributed by atoms with E-state index in [0.29, 0.717) is 23.0 Å². The largest absolute Gasteiger partial charge is 0.309 e. The highest BCUT2D eigenvalue weighted by molar-refractivity contribution is 6.07. The van der Waals surface area contributed by atoms with Crippen LogP contribution in [0.5, 0.6) is 0 Å². The molecule has 5 nitrogen and oxygen atoms in total. The molecule has 0 atom stereocenters. The van der Waals surface area contributed by atoms with E-state index in [-0.39, 0.29) is 11.5 Å². The molecule has 0 spiro atoms. The van der Waals surface area contributed by atoms with Crippen molar-refractivity contribution in [2.24, 2.45) is 0 Å². The Morgan fingerprint density at radius 1 is 1.10 bits per heavy atom. The molecule has 1 aliphatic heterocycles. The lowest BCUT2D eigenvalue weighted by Crippen LogP contribution is -2.31. The molecule has 1 aliphatic rings. The predicted octanol–water partition coefficient (Wildman–Crippen LogP) is 4.35. The minimum absolute atomic E-state index is 0.00823. The number of hydrogen-bond acceptors (Lipinski definition) is 3. The first-order valence-electron chi connectivity index (χ1n) is 10.6. The van der Waals surface area contributed by atoms with Crippen LogP contribution < -0.4 is 10.5 Å². The normalized spacial score (nSPS) is 13.7. The Morgan fingerprint density at radius 2 is 1.97 bits per heavy atom. The number of anilines is 1. The number of fused-ring (bicyclic) bond motifs is 2. The third-order valence-corrected chi connectivity index (χ3v) is 5.76. The van der Waals surface area contributed by atoms with E-state index in [2.05, 4.69) is 19.1 Å². The summed E-state index contributed by atoms with van der Waals surface area (Å²) in [7, 11) is 0. The van der Waals surface area contributed by atoms with Gasteiger partial charge in [-0.05, 0) is 62.1 Å². The van der Waals surface area contributed by atoms with Crippen molar-refractivity contribution in [1.82, 2.24) is 9.55 Å². The summed E-state index contributed by atoms with van der Waals surface area (Å²) in [5.41, 5.74) is 3.28. The lowest BCUT2D eigenvalue weighted by Gasteiger charge is -2.22. The van der Waals surface area contributed by atoms with E-state index in [0.717, 1.165) is 50.2 Å². The number of hydrogen-bond donors (Lipinski definition) is 0. The highest BCUT2D eigenvalue weighted by Crippen LogP contribution is 2.21. The molecule has 3 aromatic rings. The average molecular weight is 389 g/mol. The fourth-order valence-electron chi connectivity index (χ4n) is 4.09. The number of rotatable bonds is 4. The van der Waals surface area contributed by atoms with E-state index in [1.807, 2.05) is 23.6 Å². The van der Waals surface area contributed by atoms with Gasteiger partial charge in [0.05, 0.1) is 10.9 Å². The number of aryl methyl sites for hydroxylation is 2. The molecule has 2 heterocycles. The van der Waals surface area contributed by atoms with Crippen LogP contribution >= 0.6 is 0 Å². The molecule has 0 aliphatic carbocycles. The molecule has 4 rings (SSSR count). The molecule has 0 N–H and O–H groups in total. The van der Waals surface area contributed by atoms with E-state index in [1.165, 1.54) is 5.56 Å². The van der Waals surface area contributed by atoms with Crippen molar-refractivity contribution >= 4 is 22.5 Å². The molecule has 0 saturated carbocycles. The van der Waals surface area contributed by atoms with Crippen molar-refractivity contribution in [3.05, 3.63) is 69.8 Å². The zero-order valence-corrected chi connectivity index (χ0v) is 17.1. The Hall–Kier alpha value is -2.95. The molecule has 2 aromatic carbocycles. The maximum absolute atomic E-state index is 13.3. The summed E-state index contributed by atoms with van der Waals surface area (Å²) in [6.45, 7) is 5.38. The lowest BCUT2D eigenvalue weighted by atomic mass is 10.1. The first-order valence-corrected chi connectivity index (χ1v) is 10.6. The van der Waals surface area contributed by atoms with Crippen molar-refractivity contribution in [2.45, 2.75) is 52.5 Å². The highest BCUT2D eigenvalue weighted by atomic mass is 16.2. The summed E-state index contributed by atoms with van der Waals surface area (Å²) in [4.78, 5) is 32.7. The molecule has 0 bridgehead atoms. The van der Waals surface area contributed by atoms with E-state index in [4.69, 9.17) is 4.98 Å². The molecule has 1 aromatic heterocycles. The molecule has 1 amide bonds. The quantitative estimate of drug-likeness (QED) is 0.666. The molecule has 150 valence electrons. The number of carbonyl (C=O) groups excluding carboxylic acids is 1. The average Bonchev–Trinajstić information content (AvgIpc) is 3.00. The number of benzene rings is 2. The van der Waals surface area contributed by atoms with Gasteiger partial charge in [-0.2, -0.15) is 0 Å². The van der Waals surface area contributed by atoms with E-state index in [1.54, 1.807) is 23.1 Å². The van der Waals surface area contributed by atoms with Gasteiger partial charge >= 0.3 is 0 Å². The van der Waals surface area contributed by atoms with Crippen molar-refractivity contribution in [1.29, 1.82) is 0 Å². The van der Waals surface area contributed by atoms with Gasteiger partial charge in [0, 0.05) is 30.8 Å². The van der Waals surface area contributed by atoms with Crippen molar-refractivity contribution in [3.8, 4) is 0 Å². The summed E-state index contributed by atoms with van der Waals surface area (Å²) < 4.78 is 1.81. The molecule has 0 saturated heterocycles. The van der Waals surface area contributed by atoms with Crippen LogP contribution in [0.4, 0.5) is 5.69 Å². The van der Waals surface area contributed by atoms with Crippen LogP contribution in [-0.2, 0) is 19.4 Å². The predicted molar refractivity (Wildman–Crippen MR) is 117 cm³/mol. The maximum atomic E-state index is 13.3. The highest BCUT2D eigenvalue weighted by Gasteiger charge is 2.19. The van der Waals surface area contributed by atoms with Crippen molar-refractivity contribution in [3.63, 3.8) is 0 Å². The van der Waals surface area contributed by atoms with Gasteiger partial charge in [0.1, 0.15) is 5.82 Å². The summed E-state index contributed by atoms with van der Waals surface area (Å²) in [5.74, 6) is 0.770. The first kappa shape index (κ1) is 19.4. The summed E-state index contributed by atoms with van der Waals surface area (Å²) >= 11 is 0. The third-order valence-electron chi connectivity index (χ3n) is 5.76.